The van der Waals surface area contributed by atoms with E-state index < -0.39 is 90.9 Å². The second-order valence-electron chi connectivity index (χ2n) is 6.76. The van der Waals surface area contributed by atoms with E-state index in [0.29, 0.717) is 0 Å². The first-order valence-electron chi connectivity index (χ1n) is 8.72. The first-order valence-corrected chi connectivity index (χ1v) is 10.1. The fourth-order valence-corrected chi connectivity index (χ4v) is 3.72. The molecular formula is C14H25NO14S. The van der Waals surface area contributed by atoms with Crippen LogP contribution in [0, 0.1) is 0 Å². The van der Waals surface area contributed by atoms with Gasteiger partial charge in [0, 0.05) is 6.92 Å². The summed E-state index contributed by atoms with van der Waals surface area (Å²) < 4.78 is 50.8. The van der Waals surface area contributed by atoms with E-state index in [-0.39, 0.29) is 0 Å². The van der Waals surface area contributed by atoms with Crippen LogP contribution in [0.1, 0.15) is 6.92 Å². The monoisotopic (exact) mass is 463 g/mol. The minimum atomic E-state index is -5.15. The number of carbonyl (C=O) groups is 1. The molecule has 0 bridgehead atoms. The molecule has 1 amide bonds. The van der Waals surface area contributed by atoms with Gasteiger partial charge >= 0.3 is 10.4 Å². The molecule has 0 aromatic rings. The Balaban J connectivity index is 2.30. The summed E-state index contributed by atoms with van der Waals surface area (Å²) >= 11 is 0. The summed E-state index contributed by atoms with van der Waals surface area (Å²) in [5, 5.41) is 61.8. The van der Waals surface area contributed by atoms with Gasteiger partial charge in [0.15, 0.2) is 12.6 Å². The standard InChI is InChI=1S/C14H25NO14S/c1-4(18)15-7-11(8(19)5(2-16)26-13(7)22)28-14-10(21)12(29-30(23,24)25)9(20)6(3-17)27-14/h5-14,16-17,19-22H,2-3H2,1H3,(H,15,18)(H,23,24,25). The summed E-state index contributed by atoms with van der Waals surface area (Å²) in [4.78, 5) is 11.4. The maximum Gasteiger partial charge on any atom is 0.397 e. The highest BCUT2D eigenvalue weighted by Gasteiger charge is 2.52. The van der Waals surface area contributed by atoms with Crippen molar-refractivity contribution in [2.24, 2.45) is 0 Å². The molecule has 16 heteroatoms. The van der Waals surface area contributed by atoms with Gasteiger partial charge in [-0.3, -0.25) is 9.35 Å². The third-order valence-corrected chi connectivity index (χ3v) is 5.05. The molecule has 15 nitrogen and oxygen atoms in total. The number of hydrogen-bond donors (Lipinski definition) is 8. The molecule has 0 aromatic carbocycles. The van der Waals surface area contributed by atoms with E-state index >= 15 is 0 Å². The molecular weight excluding hydrogens is 438 g/mol. The zero-order valence-corrected chi connectivity index (χ0v) is 16.4. The molecule has 0 aromatic heterocycles. The average molecular weight is 463 g/mol. The summed E-state index contributed by atoms with van der Waals surface area (Å²) in [5.74, 6) is -0.660. The highest BCUT2D eigenvalue weighted by atomic mass is 32.3. The molecule has 0 saturated carbocycles. The molecule has 10 atom stereocenters. The highest BCUT2D eigenvalue weighted by molar-refractivity contribution is 7.80. The number of aliphatic hydroxyl groups is 6. The number of ether oxygens (including phenoxy) is 3. The molecule has 176 valence electrons. The van der Waals surface area contributed by atoms with E-state index in [9.17, 15) is 43.9 Å². The predicted octanol–water partition coefficient (Wildman–Crippen LogP) is -5.43. The first-order chi connectivity index (χ1) is 13.9. The Morgan fingerprint density at radius 3 is 2.00 bits per heavy atom. The number of amides is 1. The fraction of sp³-hybridized carbons (Fsp3) is 0.929. The van der Waals surface area contributed by atoms with E-state index in [1.807, 2.05) is 0 Å². The summed E-state index contributed by atoms with van der Waals surface area (Å²) in [6.45, 7) is -0.549. The van der Waals surface area contributed by atoms with Gasteiger partial charge in [-0.2, -0.15) is 8.42 Å². The number of rotatable bonds is 7. The third-order valence-electron chi connectivity index (χ3n) is 4.59. The summed E-state index contributed by atoms with van der Waals surface area (Å²) in [6.07, 6.45) is -15.8. The lowest BCUT2D eigenvalue weighted by Crippen LogP contribution is -2.67. The average Bonchev–Trinajstić information content (AvgIpc) is 2.64. The van der Waals surface area contributed by atoms with Crippen LogP contribution in [0.2, 0.25) is 0 Å². The minimum Gasteiger partial charge on any atom is -0.394 e. The van der Waals surface area contributed by atoms with Gasteiger partial charge in [-0.25, -0.2) is 4.18 Å². The molecule has 0 aliphatic carbocycles. The van der Waals surface area contributed by atoms with Gasteiger partial charge in [-0.15, -0.1) is 0 Å². The number of nitrogens with one attached hydrogen (secondary N) is 1. The molecule has 0 radical (unpaired) electrons. The molecule has 30 heavy (non-hydrogen) atoms. The Labute approximate surface area is 170 Å². The van der Waals surface area contributed by atoms with Crippen molar-refractivity contribution in [1.29, 1.82) is 0 Å². The predicted molar refractivity (Wildman–Crippen MR) is 90.6 cm³/mol. The van der Waals surface area contributed by atoms with Gasteiger partial charge in [-0.1, -0.05) is 0 Å². The van der Waals surface area contributed by atoms with Crippen LogP contribution >= 0.6 is 0 Å². The lowest BCUT2D eigenvalue weighted by atomic mass is 9.95. The van der Waals surface area contributed by atoms with E-state index in [4.69, 9.17) is 18.8 Å². The van der Waals surface area contributed by atoms with Crippen LogP contribution in [-0.4, -0.2) is 124 Å². The maximum atomic E-state index is 11.4. The van der Waals surface area contributed by atoms with Gasteiger partial charge in [0.05, 0.1) is 13.2 Å². The number of carbonyl (C=O) groups excluding carboxylic acids is 1. The second-order valence-corrected chi connectivity index (χ2v) is 7.81. The van der Waals surface area contributed by atoms with Crippen LogP contribution in [0.3, 0.4) is 0 Å². The van der Waals surface area contributed by atoms with Gasteiger partial charge in [0.2, 0.25) is 5.91 Å². The quantitative estimate of drug-likeness (QED) is 0.164. The fourth-order valence-electron chi connectivity index (χ4n) is 3.21. The van der Waals surface area contributed by atoms with Crippen molar-refractivity contribution in [3.05, 3.63) is 0 Å². The Morgan fingerprint density at radius 2 is 1.50 bits per heavy atom. The van der Waals surface area contributed by atoms with Crippen LogP contribution in [0.5, 0.6) is 0 Å². The first kappa shape index (κ1) is 25.2. The van der Waals surface area contributed by atoms with Crippen LogP contribution < -0.4 is 5.32 Å². The Hall–Kier alpha value is -1.02. The molecule has 8 N–H and O–H groups in total. The van der Waals surface area contributed by atoms with E-state index in [1.54, 1.807) is 0 Å². The molecule has 2 aliphatic heterocycles. The highest BCUT2D eigenvalue weighted by Crippen LogP contribution is 2.30. The van der Waals surface area contributed by atoms with Crippen LogP contribution in [0.4, 0.5) is 0 Å². The molecule has 2 saturated heterocycles. The largest absolute Gasteiger partial charge is 0.397 e. The van der Waals surface area contributed by atoms with Crippen molar-refractivity contribution in [3.63, 3.8) is 0 Å². The van der Waals surface area contributed by atoms with E-state index in [0.717, 1.165) is 6.92 Å². The number of hydrogen-bond acceptors (Lipinski definition) is 13. The molecule has 10 unspecified atom stereocenters. The van der Waals surface area contributed by atoms with Gasteiger partial charge in [0.25, 0.3) is 0 Å². The van der Waals surface area contributed by atoms with Crippen LogP contribution in [-0.2, 0) is 33.6 Å². The summed E-state index contributed by atoms with van der Waals surface area (Å²) in [7, 11) is -5.15. The lowest BCUT2D eigenvalue weighted by Gasteiger charge is -2.46. The molecule has 2 rings (SSSR count). The van der Waals surface area contributed by atoms with Crippen molar-refractivity contribution in [2.45, 2.75) is 68.3 Å². The second kappa shape index (κ2) is 10.1. The van der Waals surface area contributed by atoms with Crippen LogP contribution in [0.15, 0.2) is 0 Å². The van der Waals surface area contributed by atoms with E-state index in [1.165, 1.54) is 0 Å². The van der Waals surface area contributed by atoms with Gasteiger partial charge in [0.1, 0.15) is 48.8 Å². The smallest absolute Gasteiger partial charge is 0.394 e. The Kier molecular flexibility index (Phi) is 8.47. The molecule has 0 spiro atoms. The van der Waals surface area contributed by atoms with Crippen molar-refractivity contribution < 1.29 is 66.8 Å². The third kappa shape index (κ3) is 5.81. The SMILES string of the molecule is CC(=O)NC1C(O)OC(CO)C(O)C1OC1OC(CO)C(O)C(OS(=O)(=O)O)C1O. The zero-order valence-electron chi connectivity index (χ0n) is 15.6. The molecule has 2 aliphatic rings. The summed E-state index contributed by atoms with van der Waals surface area (Å²) in [6, 6.07) is -1.42. The normalized spacial score (nSPS) is 42.7. The summed E-state index contributed by atoms with van der Waals surface area (Å²) in [5.41, 5.74) is 0. The lowest BCUT2D eigenvalue weighted by molar-refractivity contribution is -0.339. The van der Waals surface area contributed by atoms with Gasteiger partial charge < -0.3 is 50.2 Å². The number of aliphatic hydroxyl groups excluding tert-OH is 6. The molecule has 2 fully saturated rings. The van der Waals surface area contributed by atoms with Gasteiger partial charge in [-0.05, 0) is 0 Å². The molecule has 2 heterocycles. The minimum absolute atomic E-state index is 0.660. The van der Waals surface area contributed by atoms with Crippen molar-refractivity contribution in [1.82, 2.24) is 5.32 Å². The van der Waals surface area contributed by atoms with Crippen molar-refractivity contribution >= 4 is 16.3 Å². The zero-order chi connectivity index (χ0) is 22.8. The van der Waals surface area contributed by atoms with Crippen LogP contribution in [0.25, 0.3) is 0 Å². The Morgan fingerprint density at radius 1 is 0.967 bits per heavy atom. The topological polar surface area (TPSA) is 242 Å². The van der Waals surface area contributed by atoms with E-state index in [2.05, 4.69) is 9.50 Å². The van der Waals surface area contributed by atoms with Crippen molar-refractivity contribution in [2.75, 3.05) is 13.2 Å². The van der Waals surface area contributed by atoms with Crippen molar-refractivity contribution in [3.8, 4) is 0 Å². The Bertz CT molecular complexity index is 690. The maximum absolute atomic E-state index is 11.4.